The van der Waals surface area contributed by atoms with Crippen LogP contribution in [0.2, 0.25) is 0 Å². The molecular formula is C13H28N2O2. The number of hydrogen-bond acceptors (Lipinski definition) is 3. The minimum absolute atomic E-state index is 0.0617. The van der Waals surface area contributed by atoms with E-state index in [0.717, 1.165) is 25.7 Å². The van der Waals surface area contributed by atoms with Crippen molar-refractivity contribution < 1.29 is 9.90 Å². The molecule has 0 aromatic carbocycles. The van der Waals surface area contributed by atoms with Crippen LogP contribution < -0.4 is 11.1 Å². The third kappa shape index (κ3) is 9.12. The Hall–Kier alpha value is -0.610. The molecule has 0 aliphatic carbocycles. The number of nitrogens with two attached hydrogens (primary N) is 1. The summed E-state index contributed by atoms with van der Waals surface area (Å²) in [6.07, 6.45) is 5.41. The third-order valence-corrected chi connectivity index (χ3v) is 3.02. The maximum atomic E-state index is 11.6. The fourth-order valence-electron chi connectivity index (χ4n) is 2.02. The zero-order valence-corrected chi connectivity index (χ0v) is 11.2. The topological polar surface area (TPSA) is 75.4 Å². The highest BCUT2D eigenvalue weighted by Crippen LogP contribution is 2.16. The lowest BCUT2D eigenvalue weighted by Gasteiger charge is -2.16. The molecule has 102 valence electrons. The second-order valence-electron chi connectivity index (χ2n) is 4.75. The lowest BCUT2D eigenvalue weighted by atomic mass is 9.94. The van der Waals surface area contributed by atoms with Gasteiger partial charge in [0.15, 0.2) is 0 Å². The first-order chi connectivity index (χ1) is 8.13. The van der Waals surface area contributed by atoms with Crippen molar-refractivity contribution in [3.05, 3.63) is 0 Å². The first-order valence-electron chi connectivity index (χ1n) is 6.74. The summed E-state index contributed by atoms with van der Waals surface area (Å²) in [6, 6.07) is 0.0617. The Morgan fingerprint density at radius 1 is 1.29 bits per heavy atom. The van der Waals surface area contributed by atoms with Gasteiger partial charge in [0.25, 0.3) is 0 Å². The maximum Gasteiger partial charge on any atom is 0.220 e. The average Bonchev–Trinajstić information content (AvgIpc) is 2.27. The average molecular weight is 244 g/mol. The number of hydrogen-bond donors (Lipinski definition) is 3. The molecule has 0 fully saturated rings. The number of rotatable bonds is 10. The molecule has 0 aromatic rings. The van der Waals surface area contributed by atoms with Gasteiger partial charge in [-0.1, -0.05) is 19.8 Å². The van der Waals surface area contributed by atoms with E-state index in [-0.39, 0.29) is 18.6 Å². The van der Waals surface area contributed by atoms with Gasteiger partial charge in [-0.05, 0) is 38.6 Å². The highest BCUT2D eigenvalue weighted by molar-refractivity contribution is 5.76. The van der Waals surface area contributed by atoms with Gasteiger partial charge >= 0.3 is 0 Å². The first kappa shape index (κ1) is 16.4. The second-order valence-corrected chi connectivity index (χ2v) is 4.75. The van der Waals surface area contributed by atoms with Crippen molar-refractivity contribution in [2.24, 2.45) is 11.7 Å². The molecule has 0 saturated carbocycles. The smallest absolute Gasteiger partial charge is 0.220 e. The molecule has 2 unspecified atom stereocenters. The molecule has 0 aromatic heterocycles. The van der Waals surface area contributed by atoms with Gasteiger partial charge in [-0.15, -0.1) is 0 Å². The van der Waals surface area contributed by atoms with Crippen LogP contribution in [0.15, 0.2) is 0 Å². The summed E-state index contributed by atoms with van der Waals surface area (Å²) in [5, 5.41) is 11.6. The highest BCUT2D eigenvalue weighted by Gasteiger charge is 2.11. The maximum absolute atomic E-state index is 11.6. The van der Waals surface area contributed by atoms with Crippen LogP contribution >= 0.6 is 0 Å². The molecule has 4 nitrogen and oxygen atoms in total. The Balaban J connectivity index is 3.78. The van der Waals surface area contributed by atoms with Crippen LogP contribution in [0.1, 0.15) is 52.4 Å². The molecule has 0 aliphatic heterocycles. The summed E-state index contributed by atoms with van der Waals surface area (Å²) >= 11 is 0. The van der Waals surface area contributed by atoms with Gasteiger partial charge < -0.3 is 16.2 Å². The van der Waals surface area contributed by atoms with Crippen molar-refractivity contribution in [3.8, 4) is 0 Å². The standard InChI is InChI=1S/C13H28N2O2/c1-3-4-12(7-9-14)5-6-13(17)15-11(2)8-10-16/h11-12,16H,3-10,14H2,1-2H3,(H,15,17). The zero-order valence-electron chi connectivity index (χ0n) is 11.2. The van der Waals surface area contributed by atoms with E-state index in [1.165, 1.54) is 0 Å². The van der Waals surface area contributed by atoms with Crippen LogP contribution in [-0.4, -0.2) is 30.2 Å². The van der Waals surface area contributed by atoms with Gasteiger partial charge in [0.2, 0.25) is 5.91 Å². The second kappa shape index (κ2) is 10.5. The number of carbonyl (C=O) groups is 1. The van der Waals surface area contributed by atoms with E-state index in [0.29, 0.717) is 25.3 Å². The lowest BCUT2D eigenvalue weighted by molar-refractivity contribution is -0.122. The predicted octanol–water partition coefficient (Wildman–Crippen LogP) is 1.42. The summed E-state index contributed by atoms with van der Waals surface area (Å²) < 4.78 is 0. The third-order valence-electron chi connectivity index (χ3n) is 3.02. The van der Waals surface area contributed by atoms with E-state index in [2.05, 4.69) is 12.2 Å². The fraction of sp³-hybridized carbons (Fsp3) is 0.923. The van der Waals surface area contributed by atoms with Crippen LogP contribution in [-0.2, 0) is 4.79 Å². The molecule has 0 spiro atoms. The van der Waals surface area contributed by atoms with Gasteiger partial charge in [0.1, 0.15) is 0 Å². The van der Waals surface area contributed by atoms with Crippen LogP contribution in [0, 0.1) is 5.92 Å². The number of nitrogens with one attached hydrogen (secondary N) is 1. The van der Waals surface area contributed by atoms with Gasteiger partial charge in [-0.25, -0.2) is 0 Å². The summed E-state index contributed by atoms with van der Waals surface area (Å²) in [5.74, 6) is 0.660. The molecule has 0 bridgehead atoms. The van der Waals surface area contributed by atoms with Crippen molar-refractivity contribution in [2.45, 2.75) is 58.4 Å². The lowest BCUT2D eigenvalue weighted by Crippen LogP contribution is -2.33. The van der Waals surface area contributed by atoms with E-state index in [1.807, 2.05) is 6.92 Å². The molecule has 0 radical (unpaired) electrons. The van der Waals surface area contributed by atoms with Crippen molar-refractivity contribution >= 4 is 5.91 Å². The molecule has 0 rings (SSSR count). The minimum Gasteiger partial charge on any atom is -0.396 e. The van der Waals surface area contributed by atoms with E-state index in [9.17, 15) is 4.79 Å². The minimum atomic E-state index is 0.0617. The van der Waals surface area contributed by atoms with Crippen molar-refractivity contribution in [1.82, 2.24) is 5.32 Å². The fourth-order valence-corrected chi connectivity index (χ4v) is 2.02. The zero-order chi connectivity index (χ0) is 13.1. The number of aliphatic hydroxyl groups excluding tert-OH is 1. The molecule has 0 saturated heterocycles. The quantitative estimate of drug-likeness (QED) is 0.544. The van der Waals surface area contributed by atoms with Crippen molar-refractivity contribution in [3.63, 3.8) is 0 Å². The molecule has 4 N–H and O–H groups in total. The van der Waals surface area contributed by atoms with Crippen LogP contribution in [0.4, 0.5) is 0 Å². The highest BCUT2D eigenvalue weighted by atomic mass is 16.3. The Labute approximate surface area is 105 Å². The molecule has 1 amide bonds. The van der Waals surface area contributed by atoms with Gasteiger partial charge in [0.05, 0.1) is 0 Å². The van der Waals surface area contributed by atoms with Crippen LogP contribution in [0.3, 0.4) is 0 Å². The van der Waals surface area contributed by atoms with Gasteiger partial charge in [-0.2, -0.15) is 0 Å². The van der Waals surface area contributed by atoms with Gasteiger partial charge in [0, 0.05) is 19.1 Å². The SMILES string of the molecule is CCCC(CCN)CCC(=O)NC(C)CCO. The molecule has 0 heterocycles. The first-order valence-corrected chi connectivity index (χ1v) is 6.74. The number of amides is 1. The van der Waals surface area contributed by atoms with E-state index >= 15 is 0 Å². The largest absolute Gasteiger partial charge is 0.396 e. The van der Waals surface area contributed by atoms with Crippen molar-refractivity contribution in [2.75, 3.05) is 13.2 Å². The predicted molar refractivity (Wildman–Crippen MR) is 70.6 cm³/mol. The summed E-state index contributed by atoms with van der Waals surface area (Å²) in [7, 11) is 0. The number of aliphatic hydroxyl groups is 1. The Kier molecular flexibility index (Phi) is 10.2. The van der Waals surface area contributed by atoms with Crippen LogP contribution in [0.25, 0.3) is 0 Å². The van der Waals surface area contributed by atoms with Crippen LogP contribution in [0.5, 0.6) is 0 Å². The van der Waals surface area contributed by atoms with E-state index in [4.69, 9.17) is 10.8 Å². The molecule has 0 aliphatic rings. The molecule has 4 heteroatoms. The summed E-state index contributed by atoms with van der Waals surface area (Å²) in [5.41, 5.74) is 5.56. The van der Waals surface area contributed by atoms with Gasteiger partial charge in [-0.3, -0.25) is 4.79 Å². The summed E-state index contributed by atoms with van der Waals surface area (Å²) in [4.78, 5) is 11.6. The van der Waals surface area contributed by atoms with Crippen molar-refractivity contribution in [1.29, 1.82) is 0 Å². The molecule has 17 heavy (non-hydrogen) atoms. The normalized spacial score (nSPS) is 14.4. The number of carbonyl (C=O) groups excluding carboxylic acids is 1. The molecule has 2 atom stereocenters. The monoisotopic (exact) mass is 244 g/mol. The Bertz CT molecular complexity index is 192. The Morgan fingerprint density at radius 3 is 2.53 bits per heavy atom. The molecular weight excluding hydrogens is 216 g/mol. The van der Waals surface area contributed by atoms with E-state index < -0.39 is 0 Å². The summed E-state index contributed by atoms with van der Waals surface area (Å²) in [6.45, 7) is 4.89. The van der Waals surface area contributed by atoms with E-state index in [1.54, 1.807) is 0 Å². The Morgan fingerprint density at radius 2 is 2.00 bits per heavy atom.